The van der Waals surface area contributed by atoms with Crippen LogP contribution in [0.2, 0.25) is 0 Å². The van der Waals surface area contributed by atoms with Crippen LogP contribution in [0.25, 0.3) is 5.65 Å². The smallest absolute Gasteiger partial charge is 0.243 e. The lowest BCUT2D eigenvalue weighted by molar-refractivity contribution is 0.269. The van der Waals surface area contributed by atoms with Crippen molar-refractivity contribution in [2.45, 2.75) is 25.8 Å². The van der Waals surface area contributed by atoms with Gasteiger partial charge >= 0.3 is 0 Å². The van der Waals surface area contributed by atoms with Gasteiger partial charge in [0, 0.05) is 18.8 Å². The van der Waals surface area contributed by atoms with Crippen molar-refractivity contribution in [2.75, 3.05) is 25.0 Å². The van der Waals surface area contributed by atoms with E-state index in [9.17, 15) is 0 Å². The van der Waals surface area contributed by atoms with Crippen molar-refractivity contribution in [1.82, 2.24) is 19.5 Å². The summed E-state index contributed by atoms with van der Waals surface area (Å²) in [5, 5.41) is 7.71. The molecule has 1 N–H and O–H groups in total. The maximum Gasteiger partial charge on any atom is 0.243 e. The first-order valence-corrected chi connectivity index (χ1v) is 6.62. The predicted octanol–water partition coefficient (Wildman–Crippen LogP) is 1.63. The molecule has 1 atom stereocenters. The minimum absolute atomic E-state index is 0.541. The zero-order valence-corrected chi connectivity index (χ0v) is 10.7. The second kappa shape index (κ2) is 4.94. The predicted molar refractivity (Wildman–Crippen MR) is 71.7 cm³/mol. The first-order chi connectivity index (χ1) is 8.83. The van der Waals surface area contributed by atoms with E-state index in [4.69, 9.17) is 0 Å². The van der Waals surface area contributed by atoms with Crippen LogP contribution < -0.4 is 5.32 Å². The third-order valence-electron chi connectivity index (χ3n) is 3.56. The van der Waals surface area contributed by atoms with Crippen LogP contribution in [0.3, 0.4) is 0 Å². The van der Waals surface area contributed by atoms with Gasteiger partial charge in [0.1, 0.15) is 0 Å². The Morgan fingerprint density at radius 1 is 1.33 bits per heavy atom. The summed E-state index contributed by atoms with van der Waals surface area (Å²) in [4.78, 5) is 6.95. The minimum Gasteiger partial charge on any atom is -0.351 e. The maximum atomic E-state index is 4.43. The molecule has 1 aliphatic rings. The van der Waals surface area contributed by atoms with Gasteiger partial charge in [0.05, 0.1) is 0 Å². The second-order valence-electron chi connectivity index (χ2n) is 4.91. The number of nitrogens with zero attached hydrogens (tertiary/aromatic N) is 4. The number of likely N-dealkylation sites (tertiary alicyclic amines) is 1. The van der Waals surface area contributed by atoms with Gasteiger partial charge in [-0.25, -0.2) is 4.52 Å². The fourth-order valence-corrected chi connectivity index (χ4v) is 2.46. The Labute approximate surface area is 107 Å². The molecule has 1 unspecified atom stereocenters. The average Bonchev–Trinajstić information content (AvgIpc) is 3.04. The fraction of sp³-hybridized carbons (Fsp3) is 0.538. The van der Waals surface area contributed by atoms with E-state index in [1.54, 1.807) is 4.52 Å². The molecule has 5 heteroatoms. The fourth-order valence-electron chi connectivity index (χ4n) is 2.46. The summed E-state index contributed by atoms with van der Waals surface area (Å²) in [6.45, 7) is 5.61. The van der Waals surface area contributed by atoms with E-state index >= 15 is 0 Å². The van der Waals surface area contributed by atoms with Crippen LogP contribution in [0.1, 0.15) is 19.8 Å². The Morgan fingerprint density at radius 3 is 2.94 bits per heavy atom. The lowest BCUT2D eigenvalue weighted by atomic mass is 10.3. The number of hydrogen-bond donors (Lipinski definition) is 1. The van der Waals surface area contributed by atoms with Gasteiger partial charge in [-0.3, -0.25) is 4.90 Å². The van der Waals surface area contributed by atoms with Crippen LogP contribution in [-0.2, 0) is 0 Å². The Balaban J connectivity index is 1.62. The van der Waals surface area contributed by atoms with Crippen LogP contribution in [0.5, 0.6) is 0 Å². The zero-order chi connectivity index (χ0) is 12.4. The standard InChI is InChI=1S/C13H19N5/c1-11(17-7-4-5-8-17)10-14-13-15-12-6-2-3-9-18(12)16-13/h2-3,6,9,11H,4-5,7-8,10H2,1H3,(H,14,16). The van der Waals surface area contributed by atoms with Crippen LogP contribution in [0.4, 0.5) is 5.95 Å². The van der Waals surface area contributed by atoms with Gasteiger partial charge in [0.25, 0.3) is 0 Å². The summed E-state index contributed by atoms with van der Waals surface area (Å²) in [6.07, 6.45) is 4.57. The molecule has 0 aromatic carbocycles. The highest BCUT2D eigenvalue weighted by Crippen LogP contribution is 2.12. The Hall–Kier alpha value is -1.62. The SMILES string of the molecule is CC(CNc1nc2ccccn2n1)N1CCCC1. The Kier molecular flexibility index (Phi) is 3.15. The van der Waals surface area contributed by atoms with Gasteiger partial charge in [-0.05, 0) is 45.0 Å². The number of fused-ring (bicyclic) bond motifs is 1. The van der Waals surface area contributed by atoms with E-state index in [0.29, 0.717) is 12.0 Å². The summed E-state index contributed by atoms with van der Waals surface area (Å²) < 4.78 is 1.79. The molecule has 0 radical (unpaired) electrons. The number of anilines is 1. The van der Waals surface area contributed by atoms with Gasteiger partial charge in [0.2, 0.25) is 5.95 Å². The molecule has 1 fully saturated rings. The van der Waals surface area contributed by atoms with Gasteiger partial charge in [-0.2, -0.15) is 4.98 Å². The van der Waals surface area contributed by atoms with Crippen LogP contribution in [0.15, 0.2) is 24.4 Å². The van der Waals surface area contributed by atoms with Crippen molar-refractivity contribution in [3.63, 3.8) is 0 Å². The lowest BCUT2D eigenvalue weighted by Crippen LogP contribution is -2.35. The third-order valence-corrected chi connectivity index (χ3v) is 3.56. The zero-order valence-electron chi connectivity index (χ0n) is 10.7. The molecule has 3 heterocycles. The van der Waals surface area contributed by atoms with Crippen molar-refractivity contribution < 1.29 is 0 Å². The van der Waals surface area contributed by atoms with Crippen molar-refractivity contribution in [2.24, 2.45) is 0 Å². The Morgan fingerprint density at radius 2 is 2.17 bits per heavy atom. The molecule has 2 aromatic rings. The second-order valence-corrected chi connectivity index (χ2v) is 4.91. The molecule has 18 heavy (non-hydrogen) atoms. The summed E-state index contributed by atoms with van der Waals surface area (Å²) >= 11 is 0. The van der Waals surface area contributed by atoms with Crippen LogP contribution in [0, 0.1) is 0 Å². The largest absolute Gasteiger partial charge is 0.351 e. The highest BCUT2D eigenvalue weighted by molar-refractivity contribution is 5.42. The van der Waals surface area contributed by atoms with Crippen molar-refractivity contribution in [3.8, 4) is 0 Å². The summed E-state index contributed by atoms with van der Waals surface area (Å²) in [6, 6.07) is 6.43. The van der Waals surface area contributed by atoms with Gasteiger partial charge in [-0.15, -0.1) is 5.10 Å². The first-order valence-electron chi connectivity index (χ1n) is 6.62. The van der Waals surface area contributed by atoms with Gasteiger partial charge in [0.15, 0.2) is 5.65 Å². The van der Waals surface area contributed by atoms with E-state index in [1.165, 1.54) is 25.9 Å². The van der Waals surface area contributed by atoms with Crippen molar-refractivity contribution in [1.29, 1.82) is 0 Å². The van der Waals surface area contributed by atoms with Crippen LogP contribution in [-0.4, -0.2) is 45.2 Å². The molecule has 3 rings (SSSR count). The van der Waals surface area contributed by atoms with E-state index in [2.05, 4.69) is 27.2 Å². The average molecular weight is 245 g/mol. The molecule has 0 aliphatic carbocycles. The molecule has 5 nitrogen and oxygen atoms in total. The highest BCUT2D eigenvalue weighted by atomic mass is 15.3. The molecule has 1 aliphatic heterocycles. The maximum absolute atomic E-state index is 4.43. The van der Waals surface area contributed by atoms with E-state index < -0.39 is 0 Å². The van der Waals surface area contributed by atoms with Crippen molar-refractivity contribution >= 4 is 11.6 Å². The van der Waals surface area contributed by atoms with Gasteiger partial charge in [-0.1, -0.05) is 6.07 Å². The summed E-state index contributed by atoms with van der Waals surface area (Å²) in [7, 11) is 0. The van der Waals surface area contributed by atoms with E-state index in [0.717, 1.165) is 12.2 Å². The molecule has 1 saturated heterocycles. The number of aromatic nitrogens is 3. The molecule has 0 spiro atoms. The summed E-state index contributed by atoms with van der Waals surface area (Å²) in [5.41, 5.74) is 0.883. The number of hydrogen-bond acceptors (Lipinski definition) is 4. The first kappa shape index (κ1) is 11.5. The van der Waals surface area contributed by atoms with Crippen LogP contribution >= 0.6 is 0 Å². The normalized spacial score (nSPS) is 18.3. The molecule has 0 amide bonds. The Bertz CT molecular complexity index is 482. The lowest BCUT2D eigenvalue weighted by Gasteiger charge is -2.23. The van der Waals surface area contributed by atoms with Gasteiger partial charge < -0.3 is 5.32 Å². The van der Waals surface area contributed by atoms with Crippen molar-refractivity contribution in [3.05, 3.63) is 24.4 Å². The topological polar surface area (TPSA) is 45.5 Å². The van der Waals surface area contributed by atoms with E-state index in [1.807, 2.05) is 24.4 Å². The number of nitrogens with one attached hydrogen (secondary N) is 1. The van der Waals surface area contributed by atoms with E-state index in [-0.39, 0.29) is 0 Å². The third kappa shape index (κ3) is 2.31. The summed E-state index contributed by atoms with van der Waals surface area (Å²) in [5.74, 6) is 0.715. The molecule has 96 valence electrons. The number of rotatable bonds is 4. The number of pyridine rings is 1. The molecular weight excluding hydrogens is 226 g/mol. The molecule has 0 bridgehead atoms. The highest BCUT2D eigenvalue weighted by Gasteiger charge is 2.17. The molecule has 2 aromatic heterocycles. The minimum atomic E-state index is 0.541. The quantitative estimate of drug-likeness (QED) is 0.889. The molecular formula is C13H19N5. The molecule has 0 saturated carbocycles. The monoisotopic (exact) mass is 245 g/mol.